The van der Waals surface area contributed by atoms with Crippen molar-refractivity contribution in [3.63, 3.8) is 0 Å². The standard InChI is InChI=1S/C17H19N3O3/c1-20(9-10-21)16-7-5-13(6-8-16)12-18-19-15-4-2-3-14(11-15)17(22)23/h2-8,11-12,19,21H,9-10H2,1H3,(H,22,23)/b18-12+. The molecule has 0 heterocycles. The van der Waals surface area contributed by atoms with Gasteiger partial charge < -0.3 is 15.1 Å². The Morgan fingerprint density at radius 1 is 1.26 bits per heavy atom. The molecule has 0 saturated heterocycles. The summed E-state index contributed by atoms with van der Waals surface area (Å²) >= 11 is 0. The van der Waals surface area contributed by atoms with E-state index < -0.39 is 5.97 Å². The summed E-state index contributed by atoms with van der Waals surface area (Å²) in [5, 5.41) is 22.0. The second-order valence-electron chi connectivity index (χ2n) is 4.99. The van der Waals surface area contributed by atoms with Gasteiger partial charge in [-0.05, 0) is 35.9 Å². The molecule has 6 heteroatoms. The van der Waals surface area contributed by atoms with Crippen LogP contribution in [0.3, 0.4) is 0 Å². The molecule has 6 nitrogen and oxygen atoms in total. The minimum absolute atomic E-state index is 0.110. The maximum Gasteiger partial charge on any atom is 0.335 e. The van der Waals surface area contributed by atoms with Crippen LogP contribution in [0.5, 0.6) is 0 Å². The van der Waals surface area contributed by atoms with Gasteiger partial charge in [-0.1, -0.05) is 18.2 Å². The number of anilines is 2. The number of hydrazone groups is 1. The fourth-order valence-corrected chi connectivity index (χ4v) is 2.00. The average Bonchev–Trinajstić information content (AvgIpc) is 2.56. The van der Waals surface area contributed by atoms with Gasteiger partial charge in [0, 0.05) is 19.3 Å². The number of carboxylic acids is 1. The summed E-state index contributed by atoms with van der Waals surface area (Å²) in [6.07, 6.45) is 1.66. The second-order valence-corrected chi connectivity index (χ2v) is 4.99. The van der Waals surface area contributed by atoms with Crippen LogP contribution < -0.4 is 10.3 Å². The number of nitrogens with zero attached hydrogens (tertiary/aromatic N) is 2. The van der Waals surface area contributed by atoms with Crippen molar-refractivity contribution in [2.24, 2.45) is 5.10 Å². The van der Waals surface area contributed by atoms with Gasteiger partial charge in [-0.2, -0.15) is 5.10 Å². The summed E-state index contributed by atoms with van der Waals surface area (Å²) in [4.78, 5) is 12.9. The van der Waals surface area contributed by atoms with Gasteiger partial charge in [-0.3, -0.25) is 5.43 Å². The number of hydrogen-bond donors (Lipinski definition) is 3. The quantitative estimate of drug-likeness (QED) is 0.539. The molecule has 0 atom stereocenters. The Hall–Kier alpha value is -2.86. The van der Waals surface area contributed by atoms with Crippen LogP contribution in [0, 0.1) is 0 Å². The molecule has 23 heavy (non-hydrogen) atoms. The molecular formula is C17H19N3O3. The molecule has 2 rings (SSSR count). The second kappa shape index (κ2) is 7.95. The predicted molar refractivity (Wildman–Crippen MR) is 91.4 cm³/mol. The normalized spacial score (nSPS) is 10.7. The van der Waals surface area contributed by atoms with Crippen molar-refractivity contribution >= 4 is 23.6 Å². The largest absolute Gasteiger partial charge is 0.478 e. The number of aliphatic hydroxyl groups is 1. The Morgan fingerprint density at radius 2 is 2.00 bits per heavy atom. The number of likely N-dealkylation sites (N-methyl/N-ethyl adjacent to an activating group) is 1. The van der Waals surface area contributed by atoms with E-state index in [0.29, 0.717) is 12.2 Å². The molecule has 0 aliphatic rings. The topological polar surface area (TPSA) is 85.2 Å². The highest BCUT2D eigenvalue weighted by Gasteiger charge is 2.02. The molecule has 0 bridgehead atoms. The Morgan fingerprint density at radius 3 is 2.65 bits per heavy atom. The number of rotatable bonds is 7. The van der Waals surface area contributed by atoms with E-state index in [9.17, 15) is 4.79 Å². The SMILES string of the molecule is CN(CCO)c1ccc(/C=N/Nc2cccc(C(=O)O)c2)cc1. The summed E-state index contributed by atoms with van der Waals surface area (Å²) < 4.78 is 0. The van der Waals surface area contributed by atoms with Crippen molar-refractivity contribution in [1.29, 1.82) is 0 Å². The van der Waals surface area contributed by atoms with Crippen molar-refractivity contribution in [2.45, 2.75) is 0 Å². The number of aliphatic hydroxyl groups excluding tert-OH is 1. The molecule has 0 unspecified atom stereocenters. The van der Waals surface area contributed by atoms with Crippen LogP contribution in [0.1, 0.15) is 15.9 Å². The van der Waals surface area contributed by atoms with Crippen LogP contribution in [-0.4, -0.2) is 42.6 Å². The molecule has 2 aromatic carbocycles. The van der Waals surface area contributed by atoms with E-state index in [1.165, 1.54) is 12.1 Å². The number of hydrogen-bond acceptors (Lipinski definition) is 5. The summed E-state index contributed by atoms with van der Waals surface area (Å²) in [5.74, 6) is -0.972. The third-order valence-electron chi connectivity index (χ3n) is 3.29. The molecule has 0 spiro atoms. The van der Waals surface area contributed by atoms with Crippen LogP contribution in [0.2, 0.25) is 0 Å². The summed E-state index contributed by atoms with van der Waals surface area (Å²) in [6, 6.07) is 14.2. The lowest BCUT2D eigenvalue weighted by atomic mass is 10.2. The fourth-order valence-electron chi connectivity index (χ4n) is 2.00. The molecule has 3 N–H and O–H groups in total. The number of benzene rings is 2. The highest BCUT2D eigenvalue weighted by Crippen LogP contribution is 2.13. The molecule has 0 saturated carbocycles. The Balaban J connectivity index is 1.98. The van der Waals surface area contributed by atoms with E-state index in [-0.39, 0.29) is 12.2 Å². The van der Waals surface area contributed by atoms with E-state index in [1.54, 1.807) is 18.3 Å². The first-order valence-electron chi connectivity index (χ1n) is 7.14. The molecule has 0 aromatic heterocycles. The minimum Gasteiger partial charge on any atom is -0.478 e. The van der Waals surface area contributed by atoms with E-state index >= 15 is 0 Å². The molecular weight excluding hydrogens is 294 g/mol. The zero-order valence-electron chi connectivity index (χ0n) is 12.8. The van der Waals surface area contributed by atoms with Crippen LogP contribution in [0.15, 0.2) is 53.6 Å². The van der Waals surface area contributed by atoms with Crippen molar-refractivity contribution < 1.29 is 15.0 Å². The third-order valence-corrected chi connectivity index (χ3v) is 3.29. The molecule has 0 fully saturated rings. The highest BCUT2D eigenvalue weighted by atomic mass is 16.4. The molecule has 0 aliphatic heterocycles. The number of carbonyl (C=O) groups is 1. The Bertz CT molecular complexity index is 684. The van der Waals surface area contributed by atoms with Gasteiger partial charge in [0.05, 0.1) is 24.1 Å². The van der Waals surface area contributed by atoms with Crippen LogP contribution in [-0.2, 0) is 0 Å². The Labute approximate surface area is 134 Å². The van der Waals surface area contributed by atoms with Gasteiger partial charge in [0.2, 0.25) is 0 Å². The van der Waals surface area contributed by atoms with Gasteiger partial charge in [0.15, 0.2) is 0 Å². The summed E-state index contributed by atoms with van der Waals surface area (Å²) in [5.41, 5.74) is 5.55. The first-order valence-corrected chi connectivity index (χ1v) is 7.14. The highest BCUT2D eigenvalue weighted by molar-refractivity contribution is 5.89. The maximum atomic E-state index is 10.9. The van der Waals surface area contributed by atoms with Gasteiger partial charge in [-0.15, -0.1) is 0 Å². The number of carboxylic acid groups (broad SMARTS) is 1. The van der Waals surface area contributed by atoms with Crippen molar-refractivity contribution in [3.8, 4) is 0 Å². The van der Waals surface area contributed by atoms with Gasteiger partial charge in [0.25, 0.3) is 0 Å². The predicted octanol–water partition coefficient (Wildman–Crippen LogP) is 2.26. The lowest BCUT2D eigenvalue weighted by molar-refractivity contribution is 0.0697. The van der Waals surface area contributed by atoms with Crippen molar-refractivity contribution in [1.82, 2.24) is 0 Å². The van der Waals surface area contributed by atoms with E-state index in [1.807, 2.05) is 36.2 Å². The first kappa shape index (κ1) is 16.5. The molecule has 0 amide bonds. The van der Waals surface area contributed by atoms with Gasteiger partial charge in [0.1, 0.15) is 0 Å². The third kappa shape index (κ3) is 4.82. The summed E-state index contributed by atoms with van der Waals surface area (Å²) in [6.45, 7) is 0.688. The fraction of sp³-hybridized carbons (Fsp3) is 0.176. The van der Waals surface area contributed by atoms with Gasteiger partial charge in [-0.25, -0.2) is 4.79 Å². The molecule has 0 aliphatic carbocycles. The van der Waals surface area contributed by atoms with Crippen LogP contribution >= 0.6 is 0 Å². The first-order chi connectivity index (χ1) is 11.1. The monoisotopic (exact) mass is 313 g/mol. The smallest absolute Gasteiger partial charge is 0.335 e. The zero-order valence-corrected chi connectivity index (χ0v) is 12.8. The Kier molecular flexibility index (Phi) is 5.71. The van der Waals surface area contributed by atoms with Gasteiger partial charge >= 0.3 is 5.97 Å². The van der Waals surface area contributed by atoms with E-state index in [4.69, 9.17) is 10.2 Å². The van der Waals surface area contributed by atoms with Crippen LogP contribution in [0.4, 0.5) is 11.4 Å². The van der Waals surface area contributed by atoms with Crippen LogP contribution in [0.25, 0.3) is 0 Å². The maximum absolute atomic E-state index is 10.9. The van der Waals surface area contributed by atoms with E-state index in [2.05, 4.69) is 10.5 Å². The average molecular weight is 313 g/mol. The summed E-state index contributed by atoms with van der Waals surface area (Å²) in [7, 11) is 1.91. The van der Waals surface area contributed by atoms with E-state index in [0.717, 1.165) is 11.3 Å². The minimum atomic E-state index is -0.972. The molecule has 120 valence electrons. The lowest BCUT2D eigenvalue weighted by Crippen LogP contribution is -2.20. The molecule has 2 aromatic rings. The zero-order chi connectivity index (χ0) is 16.7. The lowest BCUT2D eigenvalue weighted by Gasteiger charge is -2.17. The van der Waals surface area contributed by atoms with Crippen molar-refractivity contribution in [3.05, 3.63) is 59.7 Å². The molecule has 0 radical (unpaired) electrons. The van der Waals surface area contributed by atoms with Crippen molar-refractivity contribution in [2.75, 3.05) is 30.5 Å². The number of nitrogens with one attached hydrogen (secondary N) is 1. The number of aromatic carboxylic acids is 1.